The second kappa shape index (κ2) is 5.84. The number of fused-ring (bicyclic) bond motifs is 1. The lowest BCUT2D eigenvalue weighted by Crippen LogP contribution is -2.30. The van der Waals surface area contributed by atoms with Crippen molar-refractivity contribution in [1.82, 2.24) is 5.32 Å². The van der Waals surface area contributed by atoms with Gasteiger partial charge in [0, 0.05) is 23.6 Å². The average molecular weight is 313 g/mol. The van der Waals surface area contributed by atoms with Gasteiger partial charge in [0.25, 0.3) is 0 Å². The van der Waals surface area contributed by atoms with Gasteiger partial charge < -0.3 is 9.73 Å². The van der Waals surface area contributed by atoms with Gasteiger partial charge in [-0.25, -0.2) is 0 Å². The van der Waals surface area contributed by atoms with E-state index in [2.05, 4.69) is 29.6 Å². The molecule has 0 unspecified atom stereocenters. The minimum absolute atomic E-state index is 0.0926. The Bertz CT molecular complexity index is 667. The number of carbonyl (C=O) groups excluding carboxylic acids is 1. The Morgan fingerprint density at radius 3 is 3.05 bits per heavy atom. The number of hydrogen-bond acceptors (Lipinski definition) is 3. The van der Waals surface area contributed by atoms with Crippen LogP contribution in [0.2, 0.25) is 0 Å². The van der Waals surface area contributed by atoms with E-state index in [1.807, 2.05) is 23.9 Å². The highest BCUT2D eigenvalue weighted by atomic mass is 32.2. The molecule has 2 aliphatic rings. The van der Waals surface area contributed by atoms with Crippen LogP contribution in [0.15, 0.2) is 47.1 Å². The molecule has 4 rings (SSSR count). The lowest BCUT2D eigenvalue weighted by molar-refractivity contribution is -0.122. The van der Waals surface area contributed by atoms with Crippen molar-refractivity contribution in [2.75, 3.05) is 12.3 Å². The third-order valence-corrected chi connectivity index (χ3v) is 5.85. The van der Waals surface area contributed by atoms with Crippen LogP contribution < -0.4 is 5.32 Å². The summed E-state index contributed by atoms with van der Waals surface area (Å²) in [5.41, 5.74) is 2.82. The first kappa shape index (κ1) is 13.9. The van der Waals surface area contributed by atoms with E-state index in [0.717, 1.165) is 30.9 Å². The number of carbonyl (C=O) groups is 1. The summed E-state index contributed by atoms with van der Waals surface area (Å²) in [6, 6.07) is 12.4. The quantitative estimate of drug-likeness (QED) is 0.939. The van der Waals surface area contributed by atoms with Crippen molar-refractivity contribution in [3.05, 3.63) is 59.5 Å². The minimum atomic E-state index is 0.0926. The highest BCUT2D eigenvalue weighted by molar-refractivity contribution is 7.99. The second-order valence-electron chi connectivity index (χ2n) is 6.02. The lowest BCUT2D eigenvalue weighted by atomic mass is 10.0. The van der Waals surface area contributed by atoms with Crippen molar-refractivity contribution in [3.8, 4) is 0 Å². The van der Waals surface area contributed by atoms with E-state index in [9.17, 15) is 4.79 Å². The van der Waals surface area contributed by atoms with E-state index in [-0.39, 0.29) is 17.7 Å². The summed E-state index contributed by atoms with van der Waals surface area (Å²) in [5.74, 6) is 2.62. The fourth-order valence-corrected chi connectivity index (χ4v) is 4.50. The van der Waals surface area contributed by atoms with Gasteiger partial charge in [-0.3, -0.25) is 4.79 Å². The molecular formula is C18H19NO2S. The van der Waals surface area contributed by atoms with E-state index in [0.29, 0.717) is 5.25 Å². The predicted octanol–water partition coefficient (Wildman–Crippen LogP) is 3.53. The molecular weight excluding hydrogens is 294 g/mol. The van der Waals surface area contributed by atoms with Crippen LogP contribution >= 0.6 is 11.8 Å². The normalized spacial score (nSPS) is 26.3. The Balaban J connectivity index is 1.35. The minimum Gasteiger partial charge on any atom is -0.469 e. The molecule has 114 valence electrons. The molecule has 1 aromatic carbocycles. The molecule has 0 saturated heterocycles. The van der Waals surface area contributed by atoms with Crippen molar-refractivity contribution in [1.29, 1.82) is 0 Å². The van der Waals surface area contributed by atoms with Crippen LogP contribution in [0.3, 0.4) is 0 Å². The van der Waals surface area contributed by atoms with Crippen molar-refractivity contribution in [2.45, 2.75) is 24.0 Å². The van der Waals surface area contributed by atoms with Gasteiger partial charge in [0.1, 0.15) is 5.76 Å². The van der Waals surface area contributed by atoms with Gasteiger partial charge in [0.15, 0.2) is 0 Å². The van der Waals surface area contributed by atoms with Crippen LogP contribution in [0.25, 0.3) is 0 Å². The van der Waals surface area contributed by atoms with Crippen LogP contribution in [0.4, 0.5) is 0 Å². The molecule has 22 heavy (non-hydrogen) atoms. The van der Waals surface area contributed by atoms with Gasteiger partial charge >= 0.3 is 0 Å². The molecule has 3 nitrogen and oxygen atoms in total. The second-order valence-corrected chi connectivity index (χ2v) is 7.33. The molecule has 0 bridgehead atoms. The SMILES string of the molecule is O=C(NC[C@@H]1SCCc2ccccc21)[C@H]1C[C@@H]1c1ccco1. The van der Waals surface area contributed by atoms with Gasteiger partial charge in [-0.05, 0) is 41.9 Å². The number of thioether (sulfide) groups is 1. The summed E-state index contributed by atoms with van der Waals surface area (Å²) in [6.45, 7) is 0.724. The highest BCUT2D eigenvalue weighted by Gasteiger charge is 2.45. The summed E-state index contributed by atoms with van der Waals surface area (Å²) in [4.78, 5) is 12.3. The van der Waals surface area contributed by atoms with Crippen LogP contribution in [0.5, 0.6) is 0 Å². The first-order valence-corrected chi connectivity index (χ1v) is 8.88. The molecule has 0 radical (unpaired) electrons. The van der Waals surface area contributed by atoms with Gasteiger partial charge in [-0.1, -0.05) is 24.3 Å². The van der Waals surface area contributed by atoms with E-state index >= 15 is 0 Å². The highest BCUT2D eigenvalue weighted by Crippen LogP contribution is 2.47. The van der Waals surface area contributed by atoms with Crippen LogP contribution in [0.1, 0.15) is 34.5 Å². The van der Waals surface area contributed by atoms with E-state index in [4.69, 9.17) is 4.42 Å². The van der Waals surface area contributed by atoms with Crippen LogP contribution in [-0.4, -0.2) is 18.2 Å². The van der Waals surface area contributed by atoms with Crippen LogP contribution in [-0.2, 0) is 11.2 Å². The summed E-state index contributed by atoms with van der Waals surface area (Å²) < 4.78 is 5.39. The van der Waals surface area contributed by atoms with E-state index < -0.39 is 0 Å². The van der Waals surface area contributed by atoms with Gasteiger partial charge in [-0.2, -0.15) is 11.8 Å². The number of hydrogen-bond donors (Lipinski definition) is 1. The van der Waals surface area contributed by atoms with Crippen molar-refractivity contribution >= 4 is 17.7 Å². The molecule has 1 aromatic heterocycles. The predicted molar refractivity (Wildman–Crippen MR) is 87.9 cm³/mol. The number of nitrogens with one attached hydrogen (secondary N) is 1. The third kappa shape index (κ3) is 2.68. The molecule has 1 aliphatic carbocycles. The van der Waals surface area contributed by atoms with E-state index in [1.54, 1.807) is 6.26 Å². The van der Waals surface area contributed by atoms with Crippen LogP contribution in [0, 0.1) is 5.92 Å². The Morgan fingerprint density at radius 2 is 2.18 bits per heavy atom. The number of aryl methyl sites for hydroxylation is 1. The van der Waals surface area contributed by atoms with Gasteiger partial charge in [0.2, 0.25) is 5.91 Å². The summed E-state index contributed by atoms with van der Waals surface area (Å²) in [7, 11) is 0. The molecule has 1 amide bonds. The van der Waals surface area contributed by atoms with Gasteiger partial charge in [0.05, 0.1) is 6.26 Å². The summed E-state index contributed by atoms with van der Waals surface area (Å²) in [6.07, 6.45) is 3.72. The van der Waals surface area contributed by atoms with Gasteiger partial charge in [-0.15, -0.1) is 0 Å². The first-order chi connectivity index (χ1) is 10.8. The largest absolute Gasteiger partial charge is 0.469 e. The molecule has 0 spiro atoms. The Morgan fingerprint density at radius 1 is 1.27 bits per heavy atom. The molecule has 1 N–H and O–H groups in total. The van der Waals surface area contributed by atoms with Crippen molar-refractivity contribution in [3.63, 3.8) is 0 Å². The molecule has 4 heteroatoms. The zero-order chi connectivity index (χ0) is 14.9. The number of amides is 1. The van der Waals surface area contributed by atoms with Crippen molar-refractivity contribution in [2.24, 2.45) is 5.92 Å². The smallest absolute Gasteiger partial charge is 0.223 e. The average Bonchev–Trinajstić information content (AvgIpc) is 3.18. The molecule has 2 heterocycles. The first-order valence-electron chi connectivity index (χ1n) is 7.83. The Hall–Kier alpha value is -1.68. The molecule has 1 aliphatic heterocycles. The standard InChI is InChI=1S/C18H19NO2S/c20-18(15-10-14(15)16-6-3-8-21-16)19-11-17-13-5-2-1-4-12(13)7-9-22-17/h1-6,8,14-15,17H,7,9-11H2,(H,19,20)/t14-,15-,17-/m0/s1. The van der Waals surface area contributed by atoms with E-state index in [1.165, 1.54) is 11.1 Å². The zero-order valence-electron chi connectivity index (χ0n) is 12.3. The Labute approximate surface area is 134 Å². The maximum Gasteiger partial charge on any atom is 0.223 e. The maximum atomic E-state index is 12.3. The third-order valence-electron chi connectivity index (χ3n) is 4.59. The monoisotopic (exact) mass is 313 g/mol. The molecule has 1 saturated carbocycles. The van der Waals surface area contributed by atoms with Crippen molar-refractivity contribution < 1.29 is 9.21 Å². The topological polar surface area (TPSA) is 42.2 Å². The molecule has 2 aromatic rings. The lowest BCUT2D eigenvalue weighted by Gasteiger charge is -2.25. The summed E-state index contributed by atoms with van der Waals surface area (Å²) in [5, 5.41) is 3.53. The fourth-order valence-electron chi connectivity index (χ4n) is 3.27. The molecule has 1 fully saturated rings. The summed E-state index contributed by atoms with van der Waals surface area (Å²) >= 11 is 1.95. The number of furan rings is 1. The fraction of sp³-hybridized carbons (Fsp3) is 0.389. The maximum absolute atomic E-state index is 12.3. The number of benzene rings is 1. The zero-order valence-corrected chi connectivity index (χ0v) is 13.1. The number of rotatable bonds is 4. The molecule has 3 atom stereocenters. The Kier molecular flexibility index (Phi) is 3.70.